The fraction of sp³-hybridized carbons (Fsp3) is 0.500. The molecule has 0 amide bonds. The molecule has 8 nitrogen and oxygen atoms in total. The van der Waals surface area contributed by atoms with E-state index in [4.69, 9.17) is 16.3 Å². The van der Waals surface area contributed by atoms with E-state index in [1.54, 1.807) is 6.92 Å². The zero-order valence-corrected chi connectivity index (χ0v) is 13.3. The Morgan fingerprint density at radius 3 is 3.00 bits per heavy atom. The van der Waals surface area contributed by atoms with E-state index in [9.17, 15) is 20.0 Å². The van der Waals surface area contributed by atoms with Crippen molar-refractivity contribution >= 4 is 28.9 Å². The number of β-amino-alcohol motifs (C(OH)–C–C–N with tert-alkyl or cyclic N) is 1. The molecule has 3 N–H and O–H groups in total. The summed E-state index contributed by atoms with van der Waals surface area (Å²) in [6.07, 6.45) is -0.863. The fourth-order valence-electron chi connectivity index (χ4n) is 2.56. The normalized spacial score (nSPS) is 24.0. The molecule has 0 aromatic heterocycles. The average molecular weight is 344 g/mol. The number of nitro groups is 1. The molecule has 1 aliphatic heterocycles. The average Bonchev–Trinajstić information content (AvgIpc) is 2.51. The van der Waals surface area contributed by atoms with Gasteiger partial charge in [-0.2, -0.15) is 0 Å². The molecule has 1 aliphatic rings. The lowest BCUT2D eigenvalue weighted by atomic mass is 9.85. The number of nitrogens with zero attached hydrogens (tertiary/aromatic N) is 1. The first kappa shape index (κ1) is 17.5. The highest BCUT2D eigenvalue weighted by atomic mass is 35.5. The molecule has 1 aromatic rings. The number of rotatable bonds is 5. The lowest BCUT2D eigenvalue weighted by molar-refractivity contribution is -0.384. The lowest BCUT2D eigenvalue weighted by Crippen LogP contribution is -2.63. The van der Waals surface area contributed by atoms with Gasteiger partial charge in [0, 0.05) is 17.6 Å². The molecule has 0 bridgehead atoms. The maximum atomic E-state index is 12.4. The van der Waals surface area contributed by atoms with Crippen LogP contribution < -0.4 is 10.6 Å². The van der Waals surface area contributed by atoms with Crippen LogP contribution in [0.2, 0.25) is 5.02 Å². The number of piperidine rings is 1. The summed E-state index contributed by atoms with van der Waals surface area (Å²) in [6, 6.07) is 4.08. The van der Waals surface area contributed by atoms with E-state index in [1.807, 2.05) is 0 Å². The Morgan fingerprint density at radius 1 is 1.65 bits per heavy atom. The van der Waals surface area contributed by atoms with Gasteiger partial charge in [-0.15, -0.1) is 0 Å². The van der Waals surface area contributed by atoms with Crippen molar-refractivity contribution in [2.75, 3.05) is 25.0 Å². The number of carbonyl (C=O) groups is 1. The summed E-state index contributed by atoms with van der Waals surface area (Å²) in [5.74, 6) is -0.641. The standard InChI is InChI=1S/C14H18ClN3O5/c1-2-23-13(20)14(5-6-16-8-12(14)19)17-10-4-3-9(15)7-11(10)18(21)22/h3-4,7,12,16-17,19H,2,5-6,8H2,1H3/t12-,14+/m0/s1. The van der Waals surface area contributed by atoms with Gasteiger partial charge in [0.1, 0.15) is 11.8 Å². The number of esters is 1. The second-order valence-electron chi connectivity index (χ2n) is 5.21. The van der Waals surface area contributed by atoms with Gasteiger partial charge < -0.3 is 20.5 Å². The van der Waals surface area contributed by atoms with Gasteiger partial charge in [-0.25, -0.2) is 4.79 Å². The van der Waals surface area contributed by atoms with Crippen molar-refractivity contribution in [1.29, 1.82) is 0 Å². The van der Waals surface area contributed by atoms with Crippen LogP contribution in [0.4, 0.5) is 11.4 Å². The molecule has 0 unspecified atom stereocenters. The van der Waals surface area contributed by atoms with Crippen molar-refractivity contribution in [2.45, 2.75) is 25.0 Å². The number of hydrogen-bond acceptors (Lipinski definition) is 7. The smallest absolute Gasteiger partial charge is 0.334 e. The predicted molar refractivity (Wildman–Crippen MR) is 84.6 cm³/mol. The first-order chi connectivity index (χ1) is 10.9. The Labute approximate surface area is 137 Å². The third kappa shape index (κ3) is 3.54. The van der Waals surface area contributed by atoms with Gasteiger partial charge in [-0.1, -0.05) is 11.6 Å². The molecule has 2 rings (SSSR count). The number of benzene rings is 1. The Balaban J connectivity index is 2.42. The molecular weight excluding hydrogens is 326 g/mol. The second-order valence-corrected chi connectivity index (χ2v) is 5.64. The summed E-state index contributed by atoms with van der Waals surface area (Å²) in [5, 5.41) is 27.6. The van der Waals surface area contributed by atoms with Crippen molar-refractivity contribution in [1.82, 2.24) is 5.32 Å². The van der Waals surface area contributed by atoms with E-state index < -0.39 is 22.5 Å². The Hall–Kier alpha value is -1.90. The highest BCUT2D eigenvalue weighted by Gasteiger charge is 2.49. The topological polar surface area (TPSA) is 114 Å². The van der Waals surface area contributed by atoms with E-state index in [2.05, 4.69) is 10.6 Å². The molecule has 126 valence electrons. The molecule has 23 heavy (non-hydrogen) atoms. The fourth-order valence-corrected chi connectivity index (χ4v) is 2.73. The van der Waals surface area contributed by atoms with E-state index in [0.717, 1.165) is 0 Å². The molecule has 1 aromatic carbocycles. The predicted octanol–water partition coefficient (Wildman–Crippen LogP) is 1.32. The number of anilines is 1. The van der Waals surface area contributed by atoms with E-state index >= 15 is 0 Å². The van der Waals surface area contributed by atoms with E-state index in [1.165, 1.54) is 18.2 Å². The zero-order chi connectivity index (χ0) is 17.0. The van der Waals surface area contributed by atoms with Gasteiger partial charge in [0.25, 0.3) is 5.69 Å². The Kier molecular flexibility index (Phi) is 5.40. The number of halogens is 1. The van der Waals surface area contributed by atoms with Crippen LogP contribution >= 0.6 is 11.6 Å². The summed E-state index contributed by atoms with van der Waals surface area (Å²) in [4.78, 5) is 23.0. The number of nitro benzene ring substituents is 1. The van der Waals surface area contributed by atoms with Crippen LogP contribution in [0.3, 0.4) is 0 Å². The monoisotopic (exact) mass is 343 g/mol. The molecule has 1 heterocycles. The summed E-state index contributed by atoms with van der Waals surface area (Å²) in [7, 11) is 0. The largest absolute Gasteiger partial charge is 0.464 e. The molecule has 1 fully saturated rings. The molecule has 0 saturated carbocycles. The first-order valence-corrected chi connectivity index (χ1v) is 7.56. The molecule has 9 heteroatoms. The van der Waals surface area contributed by atoms with Crippen LogP contribution in [-0.2, 0) is 9.53 Å². The Bertz CT molecular complexity index is 612. The van der Waals surface area contributed by atoms with Crippen LogP contribution in [0.25, 0.3) is 0 Å². The summed E-state index contributed by atoms with van der Waals surface area (Å²) in [6.45, 7) is 2.44. The molecule has 0 radical (unpaired) electrons. The SMILES string of the molecule is CCOC(=O)[C@@]1(Nc2ccc(Cl)cc2[N+](=O)[O-])CCNC[C@@H]1O. The number of nitrogens with one attached hydrogen (secondary N) is 2. The number of aliphatic hydroxyl groups is 1. The quantitative estimate of drug-likeness (QED) is 0.419. The van der Waals surface area contributed by atoms with Gasteiger partial charge >= 0.3 is 5.97 Å². The van der Waals surface area contributed by atoms with E-state index in [-0.39, 0.29) is 36.0 Å². The van der Waals surface area contributed by atoms with Crippen molar-refractivity contribution in [3.05, 3.63) is 33.3 Å². The van der Waals surface area contributed by atoms with Crippen molar-refractivity contribution in [2.24, 2.45) is 0 Å². The van der Waals surface area contributed by atoms with Crippen LogP contribution in [-0.4, -0.2) is 47.3 Å². The number of ether oxygens (including phenoxy) is 1. The van der Waals surface area contributed by atoms with E-state index in [0.29, 0.717) is 6.54 Å². The highest BCUT2D eigenvalue weighted by Crippen LogP contribution is 2.33. The first-order valence-electron chi connectivity index (χ1n) is 7.19. The summed E-state index contributed by atoms with van der Waals surface area (Å²) in [5.41, 5.74) is -1.61. The van der Waals surface area contributed by atoms with Gasteiger partial charge in [-0.05, 0) is 32.0 Å². The molecule has 0 spiro atoms. The molecular formula is C14H18ClN3O5. The van der Waals surface area contributed by atoms with Gasteiger partial charge in [0.15, 0.2) is 5.54 Å². The van der Waals surface area contributed by atoms with Crippen LogP contribution in [0.5, 0.6) is 0 Å². The number of aliphatic hydroxyl groups excluding tert-OH is 1. The minimum Gasteiger partial charge on any atom is -0.464 e. The minimum absolute atomic E-state index is 0.105. The molecule has 1 saturated heterocycles. The zero-order valence-electron chi connectivity index (χ0n) is 12.5. The molecule has 2 atom stereocenters. The van der Waals surface area contributed by atoms with Crippen molar-refractivity contribution in [3.8, 4) is 0 Å². The second kappa shape index (κ2) is 7.12. The van der Waals surface area contributed by atoms with Crippen molar-refractivity contribution in [3.63, 3.8) is 0 Å². The summed E-state index contributed by atoms with van der Waals surface area (Å²) >= 11 is 5.80. The molecule has 0 aliphatic carbocycles. The van der Waals surface area contributed by atoms with Crippen LogP contribution in [0.1, 0.15) is 13.3 Å². The van der Waals surface area contributed by atoms with Gasteiger partial charge in [0.2, 0.25) is 0 Å². The third-order valence-corrected chi connectivity index (χ3v) is 3.99. The number of carbonyl (C=O) groups excluding carboxylic acids is 1. The third-order valence-electron chi connectivity index (χ3n) is 3.76. The minimum atomic E-state index is -1.44. The van der Waals surface area contributed by atoms with Gasteiger partial charge in [0.05, 0.1) is 11.5 Å². The highest BCUT2D eigenvalue weighted by molar-refractivity contribution is 6.30. The maximum Gasteiger partial charge on any atom is 0.334 e. The Morgan fingerprint density at radius 2 is 2.39 bits per heavy atom. The number of hydrogen-bond donors (Lipinski definition) is 3. The lowest BCUT2D eigenvalue weighted by Gasteiger charge is -2.40. The van der Waals surface area contributed by atoms with Crippen molar-refractivity contribution < 1.29 is 19.6 Å². The maximum absolute atomic E-state index is 12.4. The van der Waals surface area contributed by atoms with Gasteiger partial charge in [-0.3, -0.25) is 10.1 Å². The summed E-state index contributed by atoms with van der Waals surface area (Å²) < 4.78 is 5.07. The van der Waals surface area contributed by atoms with Crippen LogP contribution in [0, 0.1) is 10.1 Å². The van der Waals surface area contributed by atoms with Crippen LogP contribution in [0.15, 0.2) is 18.2 Å².